The van der Waals surface area contributed by atoms with Crippen molar-refractivity contribution in [3.63, 3.8) is 0 Å². The number of anilines is 1. The lowest BCUT2D eigenvalue weighted by Crippen LogP contribution is -2.32. The lowest BCUT2D eigenvalue weighted by atomic mass is 10.1. The van der Waals surface area contributed by atoms with Crippen LogP contribution in [0.25, 0.3) is 0 Å². The van der Waals surface area contributed by atoms with Crippen LogP contribution < -0.4 is 15.8 Å². The van der Waals surface area contributed by atoms with Crippen molar-refractivity contribution in [2.45, 2.75) is 19.4 Å². The smallest absolute Gasteiger partial charge is 0.251 e. The lowest BCUT2D eigenvalue weighted by molar-refractivity contribution is 0.0940. The fourth-order valence-corrected chi connectivity index (χ4v) is 1.47. The molecular formula is C13H18N2O2. The Morgan fingerprint density at radius 3 is 2.94 bits per heavy atom. The van der Waals surface area contributed by atoms with Crippen LogP contribution in [0.15, 0.2) is 30.9 Å². The Bertz CT molecular complexity index is 416. The molecule has 0 heterocycles. The fourth-order valence-electron chi connectivity index (χ4n) is 1.47. The average Bonchev–Trinajstić information content (AvgIpc) is 2.29. The molecule has 0 bridgehead atoms. The van der Waals surface area contributed by atoms with E-state index in [-0.39, 0.29) is 11.9 Å². The first-order chi connectivity index (χ1) is 8.08. The normalized spacial score (nSPS) is 11.6. The Balaban J connectivity index is 2.78. The van der Waals surface area contributed by atoms with E-state index in [1.807, 2.05) is 6.92 Å². The summed E-state index contributed by atoms with van der Waals surface area (Å²) in [5.74, 6) is 0.367. The van der Waals surface area contributed by atoms with Crippen LogP contribution in [0.1, 0.15) is 23.7 Å². The molecule has 3 N–H and O–H groups in total. The molecule has 4 heteroatoms. The molecule has 0 fully saturated rings. The molecule has 0 saturated heterocycles. The van der Waals surface area contributed by atoms with Gasteiger partial charge in [-0.25, -0.2) is 0 Å². The van der Waals surface area contributed by atoms with Gasteiger partial charge in [0.2, 0.25) is 0 Å². The Morgan fingerprint density at radius 2 is 2.35 bits per heavy atom. The van der Waals surface area contributed by atoms with Gasteiger partial charge in [-0.1, -0.05) is 6.08 Å². The average molecular weight is 234 g/mol. The fraction of sp³-hybridized carbons (Fsp3) is 0.308. The highest BCUT2D eigenvalue weighted by Crippen LogP contribution is 2.22. The molecule has 0 radical (unpaired) electrons. The van der Waals surface area contributed by atoms with Gasteiger partial charge in [-0.2, -0.15) is 0 Å². The number of rotatable bonds is 5. The maximum Gasteiger partial charge on any atom is 0.251 e. The number of carbonyl (C=O) groups excluding carboxylic acids is 1. The van der Waals surface area contributed by atoms with Gasteiger partial charge in [0, 0.05) is 11.6 Å². The number of carbonyl (C=O) groups is 1. The van der Waals surface area contributed by atoms with Crippen molar-refractivity contribution in [3.8, 4) is 5.75 Å². The highest BCUT2D eigenvalue weighted by molar-refractivity contribution is 5.95. The highest BCUT2D eigenvalue weighted by Gasteiger charge is 2.10. The molecule has 4 nitrogen and oxygen atoms in total. The zero-order valence-electron chi connectivity index (χ0n) is 10.2. The minimum atomic E-state index is -0.141. The number of benzene rings is 1. The zero-order valence-corrected chi connectivity index (χ0v) is 10.2. The predicted octanol–water partition coefficient (Wildman–Crippen LogP) is 1.97. The van der Waals surface area contributed by atoms with E-state index in [1.54, 1.807) is 24.3 Å². The molecule has 1 amide bonds. The first-order valence-corrected chi connectivity index (χ1v) is 5.43. The highest BCUT2D eigenvalue weighted by atomic mass is 16.5. The standard InChI is InChI=1S/C13H18N2O2/c1-4-5-9(2)15-13(16)10-6-7-11(14)12(8-10)17-3/h4,6-9H,1,5,14H2,2-3H3,(H,15,16). The maximum absolute atomic E-state index is 11.9. The number of amides is 1. The van der Waals surface area contributed by atoms with E-state index in [2.05, 4.69) is 11.9 Å². The van der Waals surface area contributed by atoms with Crippen molar-refractivity contribution in [3.05, 3.63) is 36.4 Å². The second-order valence-electron chi connectivity index (χ2n) is 3.86. The summed E-state index contributed by atoms with van der Waals surface area (Å²) >= 11 is 0. The molecule has 1 unspecified atom stereocenters. The van der Waals surface area contributed by atoms with Crippen LogP contribution in [0.4, 0.5) is 5.69 Å². The number of methoxy groups -OCH3 is 1. The molecule has 0 aliphatic heterocycles. The van der Waals surface area contributed by atoms with E-state index in [0.717, 1.165) is 6.42 Å². The topological polar surface area (TPSA) is 64.4 Å². The van der Waals surface area contributed by atoms with Crippen LogP contribution >= 0.6 is 0 Å². The molecule has 0 aromatic heterocycles. The van der Waals surface area contributed by atoms with Crippen LogP contribution in [0.2, 0.25) is 0 Å². The van der Waals surface area contributed by atoms with Gasteiger partial charge < -0.3 is 15.8 Å². The molecule has 17 heavy (non-hydrogen) atoms. The summed E-state index contributed by atoms with van der Waals surface area (Å²) in [6, 6.07) is 5.02. The van der Waals surface area contributed by atoms with Crippen molar-refractivity contribution < 1.29 is 9.53 Å². The summed E-state index contributed by atoms with van der Waals surface area (Å²) in [6.45, 7) is 5.56. The molecule has 0 spiro atoms. The molecule has 1 aromatic rings. The van der Waals surface area contributed by atoms with Crippen LogP contribution in [-0.2, 0) is 0 Å². The first kappa shape index (κ1) is 13.1. The van der Waals surface area contributed by atoms with Crippen LogP contribution in [0, 0.1) is 0 Å². The Morgan fingerprint density at radius 1 is 1.65 bits per heavy atom. The first-order valence-electron chi connectivity index (χ1n) is 5.43. The van der Waals surface area contributed by atoms with Crippen molar-refractivity contribution >= 4 is 11.6 Å². The molecular weight excluding hydrogens is 216 g/mol. The quantitative estimate of drug-likeness (QED) is 0.604. The zero-order chi connectivity index (χ0) is 12.8. The second-order valence-corrected chi connectivity index (χ2v) is 3.86. The van der Waals surface area contributed by atoms with Gasteiger partial charge in [-0.3, -0.25) is 4.79 Å². The van der Waals surface area contributed by atoms with Gasteiger partial charge in [0.1, 0.15) is 5.75 Å². The summed E-state index contributed by atoms with van der Waals surface area (Å²) in [7, 11) is 1.52. The molecule has 0 aliphatic carbocycles. The van der Waals surface area contributed by atoms with E-state index in [4.69, 9.17) is 10.5 Å². The van der Waals surface area contributed by atoms with E-state index in [1.165, 1.54) is 7.11 Å². The van der Waals surface area contributed by atoms with Crippen LogP contribution in [-0.4, -0.2) is 19.1 Å². The van der Waals surface area contributed by atoms with Crippen molar-refractivity contribution in [2.75, 3.05) is 12.8 Å². The summed E-state index contributed by atoms with van der Waals surface area (Å²) in [6.07, 6.45) is 2.51. The van der Waals surface area contributed by atoms with E-state index in [9.17, 15) is 4.79 Å². The number of nitrogens with two attached hydrogens (primary N) is 1. The Hall–Kier alpha value is -1.97. The number of nitrogen functional groups attached to an aromatic ring is 1. The Kier molecular flexibility index (Phi) is 4.57. The largest absolute Gasteiger partial charge is 0.495 e. The van der Waals surface area contributed by atoms with E-state index >= 15 is 0 Å². The summed E-state index contributed by atoms with van der Waals surface area (Å²) in [5, 5.41) is 2.86. The maximum atomic E-state index is 11.9. The van der Waals surface area contributed by atoms with E-state index < -0.39 is 0 Å². The molecule has 0 saturated carbocycles. The number of nitrogens with one attached hydrogen (secondary N) is 1. The third-order valence-corrected chi connectivity index (χ3v) is 2.39. The summed E-state index contributed by atoms with van der Waals surface area (Å²) in [4.78, 5) is 11.9. The molecule has 1 rings (SSSR count). The monoisotopic (exact) mass is 234 g/mol. The van der Waals surface area contributed by atoms with Gasteiger partial charge in [0.05, 0.1) is 12.8 Å². The van der Waals surface area contributed by atoms with Crippen molar-refractivity contribution in [1.29, 1.82) is 0 Å². The number of hydrogen-bond donors (Lipinski definition) is 2. The van der Waals surface area contributed by atoms with Gasteiger partial charge in [0.25, 0.3) is 5.91 Å². The number of ether oxygens (including phenoxy) is 1. The molecule has 0 aliphatic rings. The SMILES string of the molecule is C=CCC(C)NC(=O)c1ccc(N)c(OC)c1. The van der Waals surface area contributed by atoms with Gasteiger partial charge in [-0.15, -0.1) is 6.58 Å². The lowest BCUT2D eigenvalue weighted by Gasteiger charge is -2.12. The summed E-state index contributed by atoms with van der Waals surface area (Å²) in [5.41, 5.74) is 6.73. The molecule has 1 atom stereocenters. The third-order valence-electron chi connectivity index (χ3n) is 2.39. The predicted molar refractivity (Wildman–Crippen MR) is 69.1 cm³/mol. The van der Waals surface area contributed by atoms with Crippen LogP contribution in [0.3, 0.4) is 0 Å². The minimum Gasteiger partial charge on any atom is -0.495 e. The van der Waals surface area contributed by atoms with Gasteiger partial charge in [0.15, 0.2) is 0 Å². The van der Waals surface area contributed by atoms with Crippen molar-refractivity contribution in [1.82, 2.24) is 5.32 Å². The van der Waals surface area contributed by atoms with Crippen LogP contribution in [0.5, 0.6) is 5.75 Å². The third kappa shape index (κ3) is 3.52. The van der Waals surface area contributed by atoms with Crippen molar-refractivity contribution in [2.24, 2.45) is 0 Å². The summed E-state index contributed by atoms with van der Waals surface area (Å²) < 4.78 is 5.07. The Labute approximate surface area is 101 Å². The van der Waals surface area contributed by atoms with E-state index in [0.29, 0.717) is 17.0 Å². The molecule has 92 valence electrons. The minimum absolute atomic E-state index is 0.0588. The molecule has 1 aromatic carbocycles. The second kappa shape index (κ2) is 5.94. The van der Waals surface area contributed by atoms with Gasteiger partial charge in [-0.05, 0) is 31.5 Å². The van der Waals surface area contributed by atoms with Gasteiger partial charge >= 0.3 is 0 Å². The number of hydrogen-bond acceptors (Lipinski definition) is 3.